The van der Waals surface area contributed by atoms with Crippen LogP contribution in [0.1, 0.15) is 27.7 Å². The fourth-order valence-corrected chi connectivity index (χ4v) is 1.37. The molecule has 0 amide bonds. The van der Waals surface area contributed by atoms with Gasteiger partial charge in [-0.1, -0.05) is 20.8 Å². The van der Waals surface area contributed by atoms with Gasteiger partial charge in [0.05, 0.1) is 0 Å². The summed E-state index contributed by atoms with van der Waals surface area (Å²) in [5, 5.41) is 0. The summed E-state index contributed by atoms with van der Waals surface area (Å²) >= 11 is 2.33. The SMILES string of the molecule is CC(N(C)I)C(C)(C)C. The van der Waals surface area contributed by atoms with Crippen LogP contribution in [0.2, 0.25) is 0 Å². The van der Waals surface area contributed by atoms with Gasteiger partial charge in [-0.25, -0.2) is 3.11 Å². The van der Waals surface area contributed by atoms with Crippen molar-refractivity contribution in [2.24, 2.45) is 5.41 Å². The highest BCUT2D eigenvalue weighted by Crippen LogP contribution is 2.24. The summed E-state index contributed by atoms with van der Waals surface area (Å²) in [7, 11) is 2.11. The van der Waals surface area contributed by atoms with E-state index in [9.17, 15) is 0 Å². The fraction of sp³-hybridized carbons (Fsp3) is 1.00. The van der Waals surface area contributed by atoms with Gasteiger partial charge < -0.3 is 0 Å². The first kappa shape index (κ1) is 9.69. The Hall–Kier alpha value is 0.690. The van der Waals surface area contributed by atoms with Crippen LogP contribution in [-0.4, -0.2) is 16.2 Å². The molecule has 1 unspecified atom stereocenters. The van der Waals surface area contributed by atoms with Gasteiger partial charge in [-0.2, -0.15) is 0 Å². The predicted octanol–water partition coefficient (Wildman–Crippen LogP) is 2.70. The minimum Gasteiger partial charge on any atom is -0.247 e. The molecule has 1 atom stereocenters. The van der Waals surface area contributed by atoms with Crippen molar-refractivity contribution in [1.29, 1.82) is 0 Å². The Morgan fingerprint density at radius 1 is 1.33 bits per heavy atom. The van der Waals surface area contributed by atoms with Crippen molar-refractivity contribution >= 4 is 22.9 Å². The van der Waals surface area contributed by atoms with E-state index in [0.29, 0.717) is 11.5 Å². The molecule has 0 aliphatic rings. The lowest BCUT2D eigenvalue weighted by atomic mass is 9.88. The predicted molar refractivity (Wildman–Crippen MR) is 50.7 cm³/mol. The van der Waals surface area contributed by atoms with Crippen LogP contribution in [0.25, 0.3) is 0 Å². The molecule has 0 saturated carbocycles. The van der Waals surface area contributed by atoms with E-state index in [1.165, 1.54) is 0 Å². The second-order valence-corrected chi connectivity index (χ2v) is 5.09. The molecule has 0 spiro atoms. The molecule has 0 N–H and O–H groups in total. The molecule has 0 aliphatic heterocycles. The molecule has 0 heterocycles. The Morgan fingerprint density at radius 3 is 1.67 bits per heavy atom. The first-order valence-corrected chi connectivity index (χ1v) is 4.21. The van der Waals surface area contributed by atoms with E-state index in [2.05, 4.69) is 60.7 Å². The monoisotopic (exact) mass is 241 g/mol. The first-order chi connectivity index (χ1) is 3.85. The van der Waals surface area contributed by atoms with Crippen molar-refractivity contribution in [3.63, 3.8) is 0 Å². The largest absolute Gasteiger partial charge is 0.247 e. The zero-order chi connectivity index (χ0) is 7.65. The van der Waals surface area contributed by atoms with Gasteiger partial charge >= 0.3 is 0 Å². The Bertz CT molecular complexity index is 83.4. The van der Waals surface area contributed by atoms with Crippen molar-refractivity contribution in [2.45, 2.75) is 33.7 Å². The molecule has 0 bridgehead atoms. The lowest BCUT2D eigenvalue weighted by Gasteiger charge is -2.31. The molecular weight excluding hydrogens is 225 g/mol. The van der Waals surface area contributed by atoms with Crippen molar-refractivity contribution in [3.8, 4) is 0 Å². The maximum atomic E-state index is 2.33. The Balaban J connectivity index is 3.88. The summed E-state index contributed by atoms with van der Waals surface area (Å²) in [6.07, 6.45) is 0. The average molecular weight is 241 g/mol. The molecule has 0 aliphatic carbocycles. The van der Waals surface area contributed by atoms with Crippen LogP contribution in [0.3, 0.4) is 0 Å². The molecule has 0 aromatic carbocycles. The van der Waals surface area contributed by atoms with Gasteiger partial charge in [0.1, 0.15) is 0 Å². The van der Waals surface area contributed by atoms with Crippen LogP contribution in [0.4, 0.5) is 0 Å². The lowest BCUT2D eigenvalue weighted by molar-refractivity contribution is 0.244. The fourth-order valence-electron chi connectivity index (χ4n) is 0.534. The van der Waals surface area contributed by atoms with Crippen LogP contribution in [0.15, 0.2) is 0 Å². The molecule has 0 radical (unpaired) electrons. The van der Waals surface area contributed by atoms with E-state index in [0.717, 1.165) is 0 Å². The highest BCUT2D eigenvalue weighted by Gasteiger charge is 2.21. The molecule has 0 rings (SSSR count). The first-order valence-electron chi connectivity index (χ1n) is 3.24. The highest BCUT2D eigenvalue weighted by molar-refractivity contribution is 14.1. The molecule has 56 valence electrons. The summed E-state index contributed by atoms with van der Waals surface area (Å²) in [5.74, 6) is 0. The minimum atomic E-state index is 0.399. The lowest BCUT2D eigenvalue weighted by Crippen LogP contribution is -2.32. The van der Waals surface area contributed by atoms with Gasteiger partial charge in [0.15, 0.2) is 0 Å². The molecule has 2 heteroatoms. The van der Waals surface area contributed by atoms with E-state index in [-0.39, 0.29) is 0 Å². The summed E-state index contributed by atoms with van der Waals surface area (Å²) in [5.41, 5.74) is 0.399. The summed E-state index contributed by atoms with van der Waals surface area (Å²) in [4.78, 5) is 0. The van der Waals surface area contributed by atoms with Gasteiger partial charge in [-0.3, -0.25) is 0 Å². The summed E-state index contributed by atoms with van der Waals surface area (Å²) < 4.78 is 2.22. The molecule has 0 aromatic rings. The van der Waals surface area contributed by atoms with Gasteiger partial charge in [0.2, 0.25) is 0 Å². The molecule has 0 fully saturated rings. The summed E-state index contributed by atoms with van der Waals surface area (Å²) in [6, 6.07) is 0.637. The van der Waals surface area contributed by atoms with Crippen molar-refractivity contribution < 1.29 is 0 Å². The van der Waals surface area contributed by atoms with Crippen LogP contribution in [0.5, 0.6) is 0 Å². The molecule has 0 saturated heterocycles. The maximum absolute atomic E-state index is 2.33. The van der Waals surface area contributed by atoms with Crippen LogP contribution < -0.4 is 0 Å². The van der Waals surface area contributed by atoms with Gasteiger partial charge in [-0.15, -0.1) is 0 Å². The number of rotatable bonds is 1. The Morgan fingerprint density at radius 2 is 1.67 bits per heavy atom. The molecular formula is C7H16IN. The molecule has 0 aromatic heterocycles. The van der Waals surface area contributed by atoms with Crippen molar-refractivity contribution in [1.82, 2.24) is 3.11 Å². The van der Waals surface area contributed by atoms with Crippen LogP contribution in [-0.2, 0) is 0 Å². The second-order valence-electron chi connectivity index (χ2n) is 3.57. The third kappa shape index (κ3) is 3.40. The number of halogens is 1. The Kier molecular flexibility index (Phi) is 3.44. The zero-order valence-corrected chi connectivity index (χ0v) is 9.06. The number of hydrogen-bond donors (Lipinski definition) is 0. The van der Waals surface area contributed by atoms with E-state index in [4.69, 9.17) is 0 Å². The van der Waals surface area contributed by atoms with E-state index in [1.807, 2.05) is 0 Å². The maximum Gasteiger partial charge on any atom is 0.0211 e. The van der Waals surface area contributed by atoms with Gasteiger partial charge in [-0.05, 0) is 19.4 Å². The average Bonchev–Trinajstić information content (AvgIpc) is 1.62. The van der Waals surface area contributed by atoms with Crippen LogP contribution in [0, 0.1) is 5.41 Å². The van der Waals surface area contributed by atoms with E-state index in [1.54, 1.807) is 0 Å². The van der Waals surface area contributed by atoms with Crippen molar-refractivity contribution in [2.75, 3.05) is 7.05 Å². The third-order valence-electron chi connectivity index (χ3n) is 1.79. The third-order valence-corrected chi connectivity index (χ3v) is 2.62. The number of nitrogens with zero attached hydrogens (tertiary/aromatic N) is 1. The van der Waals surface area contributed by atoms with Crippen LogP contribution >= 0.6 is 22.9 Å². The minimum absolute atomic E-state index is 0.399. The van der Waals surface area contributed by atoms with Gasteiger partial charge in [0.25, 0.3) is 0 Å². The smallest absolute Gasteiger partial charge is 0.0211 e. The van der Waals surface area contributed by atoms with Gasteiger partial charge in [0, 0.05) is 28.9 Å². The number of hydrogen-bond acceptors (Lipinski definition) is 1. The zero-order valence-electron chi connectivity index (χ0n) is 6.90. The quantitative estimate of drug-likeness (QED) is 0.504. The highest BCUT2D eigenvalue weighted by atomic mass is 127. The second kappa shape index (κ2) is 3.19. The standard InChI is InChI=1S/C7H16IN/c1-6(9(5)8)7(2,3)4/h6H,1-5H3. The van der Waals surface area contributed by atoms with Crippen molar-refractivity contribution in [3.05, 3.63) is 0 Å². The molecule has 9 heavy (non-hydrogen) atoms. The topological polar surface area (TPSA) is 3.24 Å². The normalized spacial score (nSPS) is 16.3. The summed E-state index contributed by atoms with van der Waals surface area (Å²) in [6.45, 7) is 9.01. The Labute approximate surface area is 72.3 Å². The van der Waals surface area contributed by atoms with E-state index < -0.39 is 0 Å². The van der Waals surface area contributed by atoms with E-state index >= 15 is 0 Å². The molecule has 1 nitrogen and oxygen atoms in total.